The Morgan fingerprint density at radius 3 is 1.16 bits per heavy atom. The Kier molecular flexibility index (Phi) is 40.2. The third-order valence-electron chi connectivity index (χ3n) is 18.3. The first-order valence-corrected chi connectivity index (χ1v) is 43.1. The highest BCUT2D eigenvalue weighted by Crippen LogP contribution is 2.42. The van der Waals surface area contributed by atoms with Crippen LogP contribution >= 0.6 is 38.6 Å². The van der Waals surface area contributed by atoms with Crippen LogP contribution in [0.4, 0.5) is 8.78 Å². The number of nitrogens with one attached hydrogen (secondary N) is 4. The van der Waals surface area contributed by atoms with Crippen molar-refractivity contribution >= 4 is 97.9 Å². The average Bonchev–Trinajstić information content (AvgIpc) is 1.56. The van der Waals surface area contributed by atoms with Gasteiger partial charge in [0.1, 0.15) is 65.7 Å². The number of aliphatic carboxylic acids is 1. The molecule has 8 N–H and O–H groups in total. The lowest BCUT2D eigenvalue weighted by Gasteiger charge is -2.35. The van der Waals surface area contributed by atoms with Gasteiger partial charge in [-0.2, -0.15) is 0 Å². The van der Waals surface area contributed by atoms with E-state index in [-0.39, 0.29) is 155 Å². The summed E-state index contributed by atoms with van der Waals surface area (Å²) in [4.78, 5) is 138. The molecule has 4 heterocycles. The molecule has 2 saturated heterocycles. The zero-order valence-corrected chi connectivity index (χ0v) is 75.5. The summed E-state index contributed by atoms with van der Waals surface area (Å²) in [6, 6.07) is 6.98. The van der Waals surface area contributed by atoms with Gasteiger partial charge in [-0.05, 0) is 136 Å². The van der Waals surface area contributed by atoms with Crippen molar-refractivity contribution in [1.82, 2.24) is 41.0 Å². The fourth-order valence-electron chi connectivity index (χ4n) is 11.9. The highest BCUT2D eigenvalue weighted by atomic mass is 79.9. The summed E-state index contributed by atoms with van der Waals surface area (Å²) >= 11 is 6.20. The number of alkyl halides is 3. The number of halogens is 3. The number of carbonyl (C=O) groups is 10. The quantitative estimate of drug-likeness (QED) is 0.00896. The number of aliphatic hydroxyl groups excluding tert-OH is 3. The van der Waals surface area contributed by atoms with Crippen molar-refractivity contribution in [2.75, 3.05) is 91.1 Å². The molecule has 36 heteroatoms. The standard InChI is InChI=1S/C35H49FN4O8S.C31H41FN4O8S.C9H17BrO3.C9H18O4/c1-21-28(49-20-38-21)22-8-9-23(26(16-22)47-15-14-46-13-10-27(42)48-34(5,6)7)18-37-30(43)25-17-24(41)19-40(25)31(44)29(33(2,3)4)39-32(45)35(36)11-12-35;1-18-25(45-17-34-18)19-5-6-20(23(13-19)44-12-11-43-10-7-24(38)39)15-33-27(40)22-14-21(37)16-36(22)28(41)26(30(2,3)4)35-29(42)31(32)8-9-31;2*1-9(2,3)13-8(11)4-6-12-7-5-10/h8-9,16,20,24-25,29,41H,10-15,17-19H2,1-7H3,(H,37,43)(H,39,45);5-6,13,17,21-22,26,37H,7-12,14-16H2,1-4H3,(H,33,40)(H,35,42)(H,38,39);4-7H2,1-3H3;10H,4-7H2,1-3H3/t24-,25+,29-;21-,22+,26-;;/m11../s1. The van der Waals surface area contributed by atoms with Gasteiger partial charge >= 0.3 is 23.9 Å². The molecular formula is C84H125BrF2N8O23S2. The molecule has 4 fully saturated rings. The number of thiazole rings is 2. The molecule has 672 valence electrons. The number of hydrogen-bond acceptors (Lipinski definition) is 26. The number of aliphatic hydroxyl groups is 3. The molecule has 0 radical (unpaired) electrons. The van der Waals surface area contributed by atoms with Crippen LogP contribution in [0, 0.1) is 24.7 Å². The first kappa shape index (κ1) is 103. The van der Waals surface area contributed by atoms with Gasteiger partial charge in [-0.25, -0.2) is 18.7 Å². The molecule has 0 spiro atoms. The number of ether oxygens (including phenoxy) is 9. The van der Waals surface area contributed by atoms with Crippen molar-refractivity contribution in [3.8, 4) is 32.4 Å². The third kappa shape index (κ3) is 35.9. The summed E-state index contributed by atoms with van der Waals surface area (Å²) in [7, 11) is 0. The van der Waals surface area contributed by atoms with Gasteiger partial charge in [0.15, 0.2) is 11.3 Å². The first-order chi connectivity index (χ1) is 56.0. The summed E-state index contributed by atoms with van der Waals surface area (Å²) in [6.45, 7) is 33.2. The van der Waals surface area contributed by atoms with E-state index in [0.29, 0.717) is 48.9 Å². The molecule has 31 nitrogen and oxygen atoms in total. The fourth-order valence-corrected chi connectivity index (χ4v) is 13.7. The Morgan fingerprint density at radius 1 is 0.517 bits per heavy atom. The second-order valence-electron chi connectivity index (χ2n) is 34.6. The maximum atomic E-state index is 14.5. The van der Waals surface area contributed by atoms with Crippen LogP contribution in [0.3, 0.4) is 0 Å². The molecule has 8 rings (SSSR count). The van der Waals surface area contributed by atoms with E-state index in [1.54, 1.807) is 73.3 Å². The molecule has 2 aromatic carbocycles. The molecule has 4 aromatic rings. The van der Waals surface area contributed by atoms with Crippen LogP contribution in [0.2, 0.25) is 0 Å². The summed E-state index contributed by atoms with van der Waals surface area (Å²) < 4.78 is 77.4. The monoisotopic (exact) mass is 1790 g/mol. The fraction of sp³-hybridized carbons (Fsp3) is 0.667. The van der Waals surface area contributed by atoms with Crippen LogP contribution in [0.15, 0.2) is 47.4 Å². The number of esters is 3. The van der Waals surface area contributed by atoms with Gasteiger partial charge in [-0.3, -0.25) is 47.9 Å². The summed E-state index contributed by atoms with van der Waals surface area (Å²) in [5.74, 6) is -4.55. The molecule has 4 aliphatic rings. The highest BCUT2D eigenvalue weighted by Gasteiger charge is 2.55. The first-order valence-electron chi connectivity index (χ1n) is 40.2. The van der Waals surface area contributed by atoms with Crippen LogP contribution in [-0.2, 0) is 94.2 Å². The number of carboxylic acids is 1. The van der Waals surface area contributed by atoms with E-state index in [0.717, 1.165) is 37.6 Å². The number of β-amino-alcohol motifs (C(OH)–C–C–N with tert-alkyl or cyclic N) is 2. The largest absolute Gasteiger partial charge is 0.491 e. The predicted molar refractivity (Wildman–Crippen MR) is 448 cm³/mol. The number of amides is 6. The van der Waals surface area contributed by atoms with Crippen molar-refractivity contribution in [1.29, 1.82) is 0 Å². The van der Waals surface area contributed by atoms with E-state index >= 15 is 0 Å². The molecule has 6 atom stereocenters. The Bertz CT molecular complexity index is 4000. The van der Waals surface area contributed by atoms with Gasteiger partial charge in [0.25, 0.3) is 11.8 Å². The minimum absolute atomic E-state index is 0.00998. The van der Waals surface area contributed by atoms with Crippen molar-refractivity contribution in [2.24, 2.45) is 10.8 Å². The summed E-state index contributed by atoms with van der Waals surface area (Å²) in [5, 5.41) is 49.8. The number of rotatable bonds is 38. The van der Waals surface area contributed by atoms with Crippen LogP contribution < -0.4 is 30.7 Å². The number of likely N-dealkylation sites (tertiary alicyclic amines) is 2. The highest BCUT2D eigenvalue weighted by molar-refractivity contribution is 9.09. The average molecular weight is 1800 g/mol. The third-order valence-corrected chi connectivity index (χ3v) is 20.5. The van der Waals surface area contributed by atoms with E-state index in [4.69, 9.17) is 52.8 Å². The zero-order valence-electron chi connectivity index (χ0n) is 72.3. The number of aromatic nitrogens is 2. The lowest BCUT2D eigenvalue weighted by atomic mass is 9.85. The van der Waals surface area contributed by atoms with E-state index in [1.165, 1.54) is 32.5 Å². The predicted octanol–water partition coefficient (Wildman–Crippen LogP) is 9.31. The van der Waals surface area contributed by atoms with Gasteiger partial charge in [0.05, 0.1) is 130 Å². The second kappa shape index (κ2) is 47.1. The van der Waals surface area contributed by atoms with Gasteiger partial charge < -0.3 is 94.1 Å². The zero-order chi connectivity index (χ0) is 89.7. The molecule has 120 heavy (non-hydrogen) atoms. The molecule has 2 aliphatic heterocycles. The molecule has 0 unspecified atom stereocenters. The normalized spacial score (nSPS) is 17.7. The van der Waals surface area contributed by atoms with Crippen LogP contribution in [0.1, 0.15) is 191 Å². The van der Waals surface area contributed by atoms with E-state index in [2.05, 4.69) is 47.2 Å². The smallest absolute Gasteiger partial charge is 0.308 e. The Balaban J connectivity index is 0.000000330. The minimum atomic E-state index is -1.97. The van der Waals surface area contributed by atoms with E-state index in [1.807, 2.05) is 91.8 Å². The van der Waals surface area contributed by atoms with E-state index in [9.17, 15) is 66.9 Å². The van der Waals surface area contributed by atoms with Crippen LogP contribution in [0.25, 0.3) is 20.9 Å². The van der Waals surface area contributed by atoms with Crippen molar-refractivity contribution in [3.63, 3.8) is 0 Å². The van der Waals surface area contributed by atoms with Crippen molar-refractivity contribution in [2.45, 2.75) is 260 Å². The Morgan fingerprint density at radius 2 is 0.858 bits per heavy atom. The number of carboxylic acid groups (broad SMARTS) is 1. The summed E-state index contributed by atoms with van der Waals surface area (Å²) in [6.07, 6.45) is -0.889. The lowest BCUT2D eigenvalue weighted by Crippen LogP contribution is -2.59. The molecule has 0 bridgehead atoms. The van der Waals surface area contributed by atoms with Gasteiger partial charge in [0, 0.05) is 55.5 Å². The van der Waals surface area contributed by atoms with Gasteiger partial charge in [0.2, 0.25) is 23.6 Å². The minimum Gasteiger partial charge on any atom is -0.491 e. The van der Waals surface area contributed by atoms with Crippen molar-refractivity contribution in [3.05, 3.63) is 69.9 Å². The topological polar surface area (TPSA) is 415 Å². The van der Waals surface area contributed by atoms with Crippen LogP contribution in [0.5, 0.6) is 11.5 Å². The Hall–Kier alpha value is -7.94. The molecular weight excluding hydrogens is 1670 g/mol. The molecule has 2 aliphatic carbocycles. The number of aryl methyl sites for hydroxylation is 2. The number of carbonyl (C=O) groups excluding carboxylic acids is 9. The number of hydrogen-bond donors (Lipinski definition) is 8. The van der Waals surface area contributed by atoms with Gasteiger partial charge in [-0.15, -0.1) is 22.7 Å². The SMILES string of the molecule is CC(C)(C)OC(=O)CCOCCBr.CC(C)(C)OC(=O)CCOCCO.Cc1ncsc1-c1ccc(CNC(=O)[C@@H]2C[C@@H](O)CN2C(=O)[C@@H](NC(=O)C2(F)CC2)C(C)(C)C)c(OCCOCCC(=O)O)c1.Cc1ncsc1-c1ccc(CNC(=O)[C@@H]2C[C@@H](O)CN2C(=O)[C@@H](NC(=O)C2(F)CC2)C(C)(C)C)c(OCCOCCC(=O)OC(C)(C)C)c1. The Labute approximate surface area is 718 Å². The maximum absolute atomic E-state index is 14.5. The second-order valence-corrected chi connectivity index (χ2v) is 37.1. The molecule has 2 aromatic heterocycles. The van der Waals surface area contributed by atoms with E-state index < -0.39 is 117 Å². The molecule has 2 saturated carbocycles. The lowest BCUT2D eigenvalue weighted by molar-refractivity contribution is -0.157. The van der Waals surface area contributed by atoms with Crippen molar-refractivity contribution < 1.29 is 120 Å². The van der Waals surface area contributed by atoms with Crippen LogP contribution in [-0.4, -0.2) is 255 Å². The number of benzene rings is 2. The maximum Gasteiger partial charge on any atom is 0.308 e. The number of nitrogens with zero attached hydrogens (tertiary/aromatic N) is 4. The summed E-state index contributed by atoms with van der Waals surface area (Å²) in [5.41, 5.74) is 1.42. The molecule has 6 amide bonds. The van der Waals surface area contributed by atoms with Gasteiger partial charge in [-0.1, -0.05) is 81.7 Å².